The van der Waals surface area contributed by atoms with Gasteiger partial charge in [0.05, 0.1) is 24.3 Å². The lowest BCUT2D eigenvalue weighted by Crippen LogP contribution is -2.73. The average Bonchev–Trinajstić information content (AvgIpc) is 2.76. The van der Waals surface area contributed by atoms with Gasteiger partial charge in [-0.3, -0.25) is 14.6 Å². The van der Waals surface area contributed by atoms with Crippen LogP contribution in [-0.2, 0) is 4.79 Å². The number of unbranched alkanes of at least 4 members (excludes halogenated alkanes) is 1. The SMILES string of the molecule is CCCC#Cc1ccc([C@H]2[C@@H](CO)N3C(=O)CN(C(=O)c4cccnc4)C[C@@H]23)cc1. The van der Waals surface area contributed by atoms with Crippen LogP contribution in [0.2, 0.25) is 0 Å². The van der Waals surface area contributed by atoms with Gasteiger partial charge in [0.2, 0.25) is 5.91 Å². The summed E-state index contributed by atoms with van der Waals surface area (Å²) in [6.45, 7) is 2.47. The Morgan fingerprint density at radius 3 is 2.73 bits per heavy atom. The zero-order valence-electron chi connectivity index (χ0n) is 17.0. The number of carbonyl (C=O) groups excluding carboxylic acids is 2. The van der Waals surface area contributed by atoms with Gasteiger partial charge in [-0.15, -0.1) is 0 Å². The van der Waals surface area contributed by atoms with E-state index in [2.05, 4.69) is 23.7 Å². The van der Waals surface area contributed by atoms with E-state index in [4.69, 9.17) is 0 Å². The molecule has 1 N–H and O–H groups in total. The number of rotatable bonds is 4. The van der Waals surface area contributed by atoms with E-state index in [1.54, 1.807) is 28.1 Å². The van der Waals surface area contributed by atoms with Gasteiger partial charge >= 0.3 is 0 Å². The normalized spacial score (nSPS) is 22.6. The largest absolute Gasteiger partial charge is 0.394 e. The second-order valence-electron chi connectivity index (χ2n) is 7.75. The summed E-state index contributed by atoms with van der Waals surface area (Å²) in [4.78, 5) is 32.9. The fourth-order valence-corrected chi connectivity index (χ4v) is 4.40. The van der Waals surface area contributed by atoms with Gasteiger partial charge in [0, 0.05) is 36.8 Å². The monoisotopic (exact) mass is 403 g/mol. The van der Waals surface area contributed by atoms with Crippen molar-refractivity contribution in [2.24, 2.45) is 0 Å². The minimum atomic E-state index is -0.254. The number of piperazine rings is 1. The zero-order chi connectivity index (χ0) is 21.1. The molecule has 0 spiro atoms. The fourth-order valence-electron chi connectivity index (χ4n) is 4.40. The molecule has 154 valence electrons. The Morgan fingerprint density at radius 2 is 2.07 bits per heavy atom. The third kappa shape index (κ3) is 3.69. The molecule has 3 heterocycles. The molecular formula is C24H25N3O3. The molecule has 2 aromatic rings. The Bertz CT molecular complexity index is 978. The number of hydrogen-bond donors (Lipinski definition) is 1. The second-order valence-corrected chi connectivity index (χ2v) is 7.75. The molecule has 0 saturated carbocycles. The number of hydrogen-bond acceptors (Lipinski definition) is 4. The number of aromatic nitrogens is 1. The molecule has 0 aliphatic carbocycles. The van der Waals surface area contributed by atoms with Gasteiger partial charge in [-0.1, -0.05) is 30.9 Å². The molecule has 0 radical (unpaired) electrons. The van der Waals surface area contributed by atoms with E-state index in [1.165, 1.54) is 6.20 Å². The number of amides is 2. The second kappa shape index (κ2) is 8.68. The number of pyridine rings is 1. The van der Waals surface area contributed by atoms with Gasteiger partial charge in [0.25, 0.3) is 5.91 Å². The van der Waals surface area contributed by atoms with E-state index in [0.29, 0.717) is 12.1 Å². The van der Waals surface area contributed by atoms with E-state index < -0.39 is 0 Å². The van der Waals surface area contributed by atoms with Crippen molar-refractivity contribution in [1.29, 1.82) is 0 Å². The molecule has 30 heavy (non-hydrogen) atoms. The maximum Gasteiger partial charge on any atom is 0.255 e. The summed E-state index contributed by atoms with van der Waals surface area (Å²) in [7, 11) is 0. The average molecular weight is 403 g/mol. The summed E-state index contributed by atoms with van der Waals surface area (Å²) >= 11 is 0. The van der Waals surface area contributed by atoms with Crippen LogP contribution >= 0.6 is 0 Å². The number of fused-ring (bicyclic) bond motifs is 1. The Hall–Kier alpha value is -3.17. The topological polar surface area (TPSA) is 73.7 Å². The Labute approximate surface area is 176 Å². The van der Waals surface area contributed by atoms with E-state index in [0.717, 1.165) is 24.0 Å². The molecular weight excluding hydrogens is 378 g/mol. The van der Waals surface area contributed by atoms with E-state index >= 15 is 0 Å². The molecule has 2 amide bonds. The first-order valence-electron chi connectivity index (χ1n) is 10.3. The van der Waals surface area contributed by atoms with Crippen LogP contribution in [0.3, 0.4) is 0 Å². The molecule has 3 atom stereocenters. The molecule has 2 saturated heterocycles. The van der Waals surface area contributed by atoms with E-state index in [9.17, 15) is 14.7 Å². The van der Waals surface area contributed by atoms with Crippen LogP contribution in [0.4, 0.5) is 0 Å². The highest BCUT2D eigenvalue weighted by molar-refractivity contribution is 5.97. The molecule has 1 aromatic heterocycles. The van der Waals surface area contributed by atoms with Gasteiger partial charge in [-0.25, -0.2) is 0 Å². The first-order valence-corrected chi connectivity index (χ1v) is 10.3. The third-order valence-corrected chi connectivity index (χ3v) is 5.85. The van der Waals surface area contributed by atoms with E-state index in [1.807, 2.05) is 24.3 Å². The Kier molecular flexibility index (Phi) is 5.82. The lowest BCUT2D eigenvalue weighted by Gasteiger charge is -2.58. The van der Waals surface area contributed by atoms with Crippen molar-refractivity contribution in [3.63, 3.8) is 0 Å². The van der Waals surface area contributed by atoms with Crippen molar-refractivity contribution in [2.45, 2.75) is 37.8 Å². The van der Waals surface area contributed by atoms with Crippen LogP contribution in [-0.4, -0.2) is 63.5 Å². The molecule has 2 aliphatic heterocycles. The maximum absolute atomic E-state index is 12.8. The highest BCUT2D eigenvalue weighted by atomic mass is 16.3. The molecule has 2 fully saturated rings. The summed E-state index contributed by atoms with van der Waals surface area (Å²) in [5.41, 5.74) is 2.49. The maximum atomic E-state index is 12.8. The smallest absolute Gasteiger partial charge is 0.255 e. The van der Waals surface area contributed by atoms with Crippen molar-refractivity contribution in [1.82, 2.24) is 14.8 Å². The van der Waals surface area contributed by atoms with Gasteiger partial charge in [-0.05, 0) is 36.2 Å². The molecule has 0 unspecified atom stereocenters. The van der Waals surface area contributed by atoms with Crippen LogP contribution < -0.4 is 0 Å². The van der Waals surface area contributed by atoms with Crippen molar-refractivity contribution in [3.8, 4) is 11.8 Å². The highest BCUT2D eigenvalue weighted by Crippen LogP contribution is 2.43. The van der Waals surface area contributed by atoms with Crippen LogP contribution in [0.15, 0.2) is 48.8 Å². The van der Waals surface area contributed by atoms with Gasteiger partial charge < -0.3 is 14.9 Å². The number of nitrogens with zero attached hydrogens (tertiary/aromatic N) is 3. The lowest BCUT2D eigenvalue weighted by atomic mass is 9.73. The first kappa shape index (κ1) is 20.1. The third-order valence-electron chi connectivity index (χ3n) is 5.85. The molecule has 6 nitrogen and oxygen atoms in total. The molecule has 0 bridgehead atoms. The van der Waals surface area contributed by atoms with E-state index in [-0.39, 0.29) is 43.0 Å². The van der Waals surface area contributed by atoms with Gasteiger partial charge in [-0.2, -0.15) is 0 Å². The predicted octanol–water partition coefficient (Wildman–Crippen LogP) is 2.04. The zero-order valence-corrected chi connectivity index (χ0v) is 17.0. The van der Waals surface area contributed by atoms with Crippen LogP contribution in [0.25, 0.3) is 0 Å². The summed E-state index contributed by atoms with van der Waals surface area (Å²) in [6, 6.07) is 11.0. The molecule has 4 rings (SSSR count). The fraction of sp³-hybridized carbons (Fsp3) is 0.375. The standard InChI is InChI=1S/C24H25N3O3/c1-2-3-4-6-17-8-10-18(11-9-17)23-20-14-26(15-22(29)27(20)21(23)16-28)24(30)19-7-5-12-25-13-19/h5,7-13,20-21,23,28H,2-3,14-16H2,1H3/t20-,21+,23+/m0/s1. The van der Waals surface area contributed by atoms with Crippen LogP contribution in [0, 0.1) is 11.8 Å². The predicted molar refractivity (Wildman–Crippen MR) is 113 cm³/mol. The van der Waals surface area contributed by atoms with Crippen molar-refractivity contribution in [2.75, 3.05) is 19.7 Å². The summed E-state index contributed by atoms with van der Waals surface area (Å²) in [5, 5.41) is 9.92. The Balaban J connectivity index is 1.54. The minimum absolute atomic E-state index is 0.0129. The van der Waals surface area contributed by atoms with Gasteiger partial charge in [0.1, 0.15) is 6.54 Å². The minimum Gasteiger partial charge on any atom is -0.394 e. The van der Waals surface area contributed by atoms with Crippen molar-refractivity contribution >= 4 is 11.8 Å². The summed E-state index contributed by atoms with van der Waals surface area (Å²) in [5.74, 6) is 5.97. The van der Waals surface area contributed by atoms with Crippen molar-refractivity contribution in [3.05, 3.63) is 65.5 Å². The highest BCUT2D eigenvalue weighted by Gasteiger charge is 2.54. The first-order chi connectivity index (χ1) is 14.6. The van der Waals surface area contributed by atoms with Crippen LogP contribution in [0.5, 0.6) is 0 Å². The van der Waals surface area contributed by atoms with Crippen molar-refractivity contribution < 1.29 is 14.7 Å². The molecule has 1 aromatic carbocycles. The molecule has 2 aliphatic rings. The molecule has 6 heteroatoms. The summed E-state index contributed by atoms with van der Waals surface area (Å²) < 4.78 is 0. The Morgan fingerprint density at radius 1 is 1.27 bits per heavy atom. The number of aliphatic hydroxyl groups is 1. The summed E-state index contributed by atoms with van der Waals surface area (Å²) in [6.07, 6.45) is 5.04. The number of benzene rings is 1. The lowest BCUT2D eigenvalue weighted by molar-refractivity contribution is -0.159. The number of aliphatic hydroxyl groups excluding tert-OH is 1. The number of carbonyl (C=O) groups is 2. The van der Waals surface area contributed by atoms with Crippen LogP contribution in [0.1, 0.15) is 47.2 Å². The quantitative estimate of drug-likeness (QED) is 0.793. The van der Waals surface area contributed by atoms with Gasteiger partial charge in [0.15, 0.2) is 0 Å².